The SMILES string of the molecule is COc1cc(N)c(Cl)cc1C(=O)NC1CCN(C(C(=O)C2CCCO2)N2CCCCC2)CC1. The number of Topliss-reactive ketones (excluding diaryl/α,β-unsaturated/α-hetero) is 1. The van der Waals surface area contributed by atoms with Gasteiger partial charge in [-0.3, -0.25) is 19.4 Å². The molecular formula is C24H35ClN4O4. The number of nitrogens with two attached hydrogens (primary N) is 1. The van der Waals surface area contributed by atoms with Gasteiger partial charge in [-0.1, -0.05) is 18.0 Å². The van der Waals surface area contributed by atoms with Gasteiger partial charge in [0.05, 0.1) is 23.4 Å². The number of ketones is 1. The number of hydrogen-bond donors (Lipinski definition) is 2. The van der Waals surface area contributed by atoms with E-state index in [-0.39, 0.29) is 30.0 Å². The fourth-order valence-electron chi connectivity index (χ4n) is 5.19. The van der Waals surface area contributed by atoms with Crippen LogP contribution in [0.5, 0.6) is 5.75 Å². The molecule has 9 heteroatoms. The predicted octanol–water partition coefficient (Wildman–Crippen LogP) is 2.69. The predicted molar refractivity (Wildman–Crippen MR) is 128 cm³/mol. The molecule has 1 aromatic rings. The van der Waals surface area contributed by atoms with E-state index in [1.54, 1.807) is 12.1 Å². The fraction of sp³-hybridized carbons (Fsp3) is 0.667. The lowest BCUT2D eigenvalue weighted by Crippen LogP contribution is -2.60. The molecular weight excluding hydrogens is 444 g/mol. The minimum atomic E-state index is -0.280. The third-order valence-corrected chi connectivity index (χ3v) is 7.34. The molecule has 3 heterocycles. The highest BCUT2D eigenvalue weighted by atomic mass is 35.5. The number of carbonyl (C=O) groups excluding carboxylic acids is 2. The van der Waals surface area contributed by atoms with E-state index in [4.69, 9.17) is 26.8 Å². The highest BCUT2D eigenvalue weighted by Gasteiger charge is 2.39. The Balaban J connectivity index is 1.39. The first-order valence-electron chi connectivity index (χ1n) is 12.0. The fourth-order valence-corrected chi connectivity index (χ4v) is 5.35. The second-order valence-corrected chi connectivity index (χ2v) is 9.64. The summed E-state index contributed by atoms with van der Waals surface area (Å²) >= 11 is 6.13. The molecule has 4 rings (SSSR count). The van der Waals surface area contributed by atoms with E-state index in [0.29, 0.717) is 28.6 Å². The number of rotatable bonds is 7. The molecule has 33 heavy (non-hydrogen) atoms. The van der Waals surface area contributed by atoms with Crippen LogP contribution >= 0.6 is 11.6 Å². The van der Waals surface area contributed by atoms with E-state index in [1.807, 2.05) is 0 Å². The Labute approximate surface area is 200 Å². The van der Waals surface area contributed by atoms with Gasteiger partial charge in [-0.25, -0.2) is 0 Å². The Morgan fingerprint density at radius 2 is 1.79 bits per heavy atom. The number of ether oxygens (including phenoxy) is 2. The molecule has 3 aliphatic heterocycles. The van der Waals surface area contributed by atoms with Gasteiger partial charge in [0, 0.05) is 44.9 Å². The average Bonchev–Trinajstić information content (AvgIpc) is 3.37. The first-order chi connectivity index (χ1) is 16.0. The van der Waals surface area contributed by atoms with E-state index in [2.05, 4.69) is 15.1 Å². The van der Waals surface area contributed by atoms with Crippen LogP contribution in [0, 0.1) is 0 Å². The van der Waals surface area contributed by atoms with Crippen molar-refractivity contribution in [2.75, 3.05) is 45.6 Å². The Kier molecular flexibility index (Phi) is 8.11. The van der Waals surface area contributed by atoms with Gasteiger partial charge in [-0.05, 0) is 44.6 Å². The highest BCUT2D eigenvalue weighted by Crippen LogP contribution is 2.29. The summed E-state index contributed by atoms with van der Waals surface area (Å²) in [6, 6.07) is 3.14. The van der Waals surface area contributed by atoms with E-state index in [0.717, 1.165) is 64.7 Å². The van der Waals surface area contributed by atoms with Gasteiger partial charge in [0.25, 0.3) is 5.91 Å². The van der Waals surface area contributed by atoms with Crippen molar-refractivity contribution in [2.24, 2.45) is 0 Å². The molecule has 0 spiro atoms. The van der Waals surface area contributed by atoms with Crippen molar-refractivity contribution < 1.29 is 19.1 Å². The van der Waals surface area contributed by atoms with Crippen molar-refractivity contribution in [1.29, 1.82) is 0 Å². The van der Waals surface area contributed by atoms with Crippen LogP contribution in [0.15, 0.2) is 12.1 Å². The summed E-state index contributed by atoms with van der Waals surface area (Å²) in [6.45, 7) is 4.10. The van der Waals surface area contributed by atoms with Gasteiger partial charge in [-0.2, -0.15) is 0 Å². The minimum absolute atomic E-state index is 0.0228. The second-order valence-electron chi connectivity index (χ2n) is 9.23. The Morgan fingerprint density at radius 3 is 2.42 bits per heavy atom. The molecule has 2 atom stereocenters. The minimum Gasteiger partial charge on any atom is -0.496 e. The summed E-state index contributed by atoms with van der Waals surface area (Å²) in [5.74, 6) is 0.382. The van der Waals surface area contributed by atoms with E-state index >= 15 is 0 Å². The maximum absolute atomic E-state index is 13.4. The van der Waals surface area contributed by atoms with E-state index in [1.165, 1.54) is 13.5 Å². The van der Waals surface area contributed by atoms with Crippen molar-refractivity contribution in [1.82, 2.24) is 15.1 Å². The van der Waals surface area contributed by atoms with Crippen LogP contribution in [0.2, 0.25) is 5.02 Å². The van der Waals surface area contributed by atoms with Crippen LogP contribution < -0.4 is 15.8 Å². The molecule has 2 unspecified atom stereocenters. The number of amides is 1. The number of hydrogen-bond acceptors (Lipinski definition) is 7. The van der Waals surface area contributed by atoms with Crippen LogP contribution in [0.25, 0.3) is 0 Å². The Bertz CT molecular complexity index is 847. The van der Waals surface area contributed by atoms with Crippen LogP contribution in [-0.2, 0) is 9.53 Å². The number of nitrogens with zero attached hydrogens (tertiary/aromatic N) is 2. The smallest absolute Gasteiger partial charge is 0.255 e. The lowest BCUT2D eigenvalue weighted by atomic mass is 9.99. The number of likely N-dealkylation sites (tertiary alicyclic amines) is 2. The summed E-state index contributed by atoms with van der Waals surface area (Å²) in [4.78, 5) is 31.0. The van der Waals surface area contributed by atoms with Gasteiger partial charge in [-0.15, -0.1) is 0 Å². The number of nitrogens with one attached hydrogen (secondary N) is 1. The largest absolute Gasteiger partial charge is 0.496 e. The normalized spacial score (nSPS) is 23.9. The molecule has 3 N–H and O–H groups in total. The van der Waals surface area contributed by atoms with Gasteiger partial charge in [0.2, 0.25) is 0 Å². The number of halogens is 1. The highest BCUT2D eigenvalue weighted by molar-refractivity contribution is 6.33. The molecule has 3 aliphatic rings. The molecule has 1 aromatic carbocycles. The third-order valence-electron chi connectivity index (χ3n) is 7.01. The number of methoxy groups -OCH3 is 1. The van der Waals surface area contributed by atoms with Crippen LogP contribution in [0.3, 0.4) is 0 Å². The second kappa shape index (κ2) is 11.0. The zero-order valence-corrected chi connectivity index (χ0v) is 20.1. The average molecular weight is 479 g/mol. The molecule has 0 saturated carbocycles. The monoisotopic (exact) mass is 478 g/mol. The maximum atomic E-state index is 13.4. The zero-order valence-electron chi connectivity index (χ0n) is 19.4. The quantitative estimate of drug-likeness (QED) is 0.581. The summed E-state index contributed by atoms with van der Waals surface area (Å²) in [6.07, 6.45) is 6.32. The summed E-state index contributed by atoms with van der Waals surface area (Å²) in [5.41, 5.74) is 6.58. The first kappa shape index (κ1) is 24.3. The standard InChI is InChI=1S/C24H35ClN4O4/c1-32-21-15-19(26)18(25)14-17(21)23(31)27-16-7-11-29(12-8-16)24(28-9-3-2-4-10-28)22(30)20-6-5-13-33-20/h14-16,20,24H,2-13,26H2,1H3,(H,27,31). The topological polar surface area (TPSA) is 97.1 Å². The van der Waals surface area contributed by atoms with Crippen molar-refractivity contribution in [3.05, 3.63) is 22.7 Å². The van der Waals surface area contributed by atoms with Crippen molar-refractivity contribution >= 4 is 29.0 Å². The first-order valence-corrected chi connectivity index (χ1v) is 12.4. The van der Waals surface area contributed by atoms with Gasteiger partial charge in [0.1, 0.15) is 18.0 Å². The molecule has 8 nitrogen and oxygen atoms in total. The summed E-state index contributed by atoms with van der Waals surface area (Å²) < 4.78 is 11.1. The molecule has 182 valence electrons. The van der Waals surface area contributed by atoms with Crippen molar-refractivity contribution in [3.63, 3.8) is 0 Å². The molecule has 3 fully saturated rings. The van der Waals surface area contributed by atoms with E-state index in [9.17, 15) is 9.59 Å². The number of carbonyl (C=O) groups is 2. The zero-order chi connectivity index (χ0) is 23.4. The van der Waals surface area contributed by atoms with E-state index < -0.39 is 0 Å². The summed E-state index contributed by atoms with van der Waals surface area (Å²) in [5, 5.41) is 3.44. The van der Waals surface area contributed by atoms with Crippen molar-refractivity contribution in [3.8, 4) is 5.75 Å². The molecule has 0 radical (unpaired) electrons. The van der Waals surface area contributed by atoms with Gasteiger partial charge >= 0.3 is 0 Å². The van der Waals surface area contributed by atoms with Crippen LogP contribution in [-0.4, -0.2) is 79.7 Å². The third kappa shape index (κ3) is 5.62. The lowest BCUT2D eigenvalue weighted by Gasteiger charge is -2.44. The van der Waals surface area contributed by atoms with Crippen molar-refractivity contribution in [2.45, 2.75) is 63.3 Å². The molecule has 0 aromatic heterocycles. The number of anilines is 1. The number of benzene rings is 1. The molecule has 0 bridgehead atoms. The maximum Gasteiger partial charge on any atom is 0.255 e. The summed E-state index contributed by atoms with van der Waals surface area (Å²) in [7, 11) is 1.50. The number of piperidine rings is 2. The van der Waals surface area contributed by atoms with Gasteiger partial charge in [0.15, 0.2) is 5.78 Å². The molecule has 1 amide bonds. The van der Waals surface area contributed by atoms with Crippen LogP contribution in [0.4, 0.5) is 5.69 Å². The Hall–Kier alpha value is -1.87. The number of nitrogen functional groups attached to an aromatic ring is 1. The molecule has 0 aliphatic carbocycles. The van der Waals surface area contributed by atoms with Gasteiger partial charge < -0.3 is 20.5 Å². The lowest BCUT2D eigenvalue weighted by molar-refractivity contribution is -0.142. The Morgan fingerprint density at radius 1 is 1.09 bits per heavy atom. The molecule has 3 saturated heterocycles. The van der Waals surface area contributed by atoms with Crippen LogP contribution in [0.1, 0.15) is 55.3 Å².